The zero-order valence-corrected chi connectivity index (χ0v) is 21.8. The van der Waals surface area contributed by atoms with E-state index in [1.807, 2.05) is 29.6 Å². The maximum Gasteiger partial charge on any atom is 0.246 e. The molecule has 2 aromatic rings. The SMILES string of the molecule is C=CC(=O)N1C[C@H](n2ncc3c(N4C[C@H](C)N[C@@H](C)C4)cc(S(=O)(=O)NC4(C)CC4)cc32)C[C@H]1C. The molecular weight excluding hydrogens is 464 g/mol. The van der Waals surface area contributed by atoms with Crippen molar-refractivity contribution in [2.75, 3.05) is 24.5 Å². The quantitative estimate of drug-likeness (QED) is 0.591. The van der Waals surface area contributed by atoms with E-state index in [0.717, 1.165) is 48.9 Å². The fourth-order valence-electron chi connectivity index (χ4n) is 5.61. The second-order valence-corrected chi connectivity index (χ2v) is 12.6. The Morgan fingerprint density at radius 2 is 1.89 bits per heavy atom. The third-order valence-electron chi connectivity index (χ3n) is 7.61. The van der Waals surface area contributed by atoms with E-state index >= 15 is 0 Å². The second-order valence-electron chi connectivity index (χ2n) is 10.9. The Balaban J connectivity index is 1.60. The molecule has 5 rings (SSSR count). The number of hydrogen-bond acceptors (Lipinski definition) is 6. The zero-order chi connectivity index (χ0) is 25.1. The Bertz CT molecular complexity index is 1260. The van der Waals surface area contributed by atoms with Crippen molar-refractivity contribution >= 4 is 32.5 Å². The Hall–Kier alpha value is -2.43. The summed E-state index contributed by atoms with van der Waals surface area (Å²) in [5.74, 6) is -0.0916. The second kappa shape index (κ2) is 8.60. The number of anilines is 1. The van der Waals surface area contributed by atoms with Crippen molar-refractivity contribution in [2.24, 2.45) is 0 Å². The van der Waals surface area contributed by atoms with Crippen molar-refractivity contribution in [3.8, 4) is 0 Å². The third-order valence-corrected chi connectivity index (χ3v) is 9.23. The van der Waals surface area contributed by atoms with Crippen molar-refractivity contribution in [1.29, 1.82) is 0 Å². The van der Waals surface area contributed by atoms with Crippen LogP contribution in [0.1, 0.15) is 53.0 Å². The first-order valence-electron chi connectivity index (χ1n) is 12.5. The van der Waals surface area contributed by atoms with E-state index < -0.39 is 10.0 Å². The van der Waals surface area contributed by atoms with Gasteiger partial charge < -0.3 is 15.1 Å². The molecule has 0 spiro atoms. The van der Waals surface area contributed by atoms with E-state index in [9.17, 15) is 13.2 Å². The molecule has 9 nitrogen and oxygen atoms in total. The molecule has 35 heavy (non-hydrogen) atoms. The van der Waals surface area contributed by atoms with Crippen LogP contribution in [0.2, 0.25) is 0 Å². The van der Waals surface area contributed by atoms with Gasteiger partial charge in [0, 0.05) is 54.4 Å². The maximum atomic E-state index is 13.4. The number of aromatic nitrogens is 2. The summed E-state index contributed by atoms with van der Waals surface area (Å²) in [4.78, 5) is 16.7. The first kappa shape index (κ1) is 24.3. The van der Waals surface area contributed by atoms with Crippen LogP contribution in [-0.4, -0.2) is 72.3 Å². The molecule has 1 aromatic carbocycles. The summed E-state index contributed by atoms with van der Waals surface area (Å²) in [6.07, 6.45) is 5.63. The smallest absolute Gasteiger partial charge is 0.246 e. The summed E-state index contributed by atoms with van der Waals surface area (Å²) in [6.45, 7) is 14.0. The number of fused-ring (bicyclic) bond motifs is 1. The molecule has 0 bridgehead atoms. The van der Waals surface area contributed by atoms with Gasteiger partial charge in [-0.3, -0.25) is 9.48 Å². The van der Waals surface area contributed by atoms with Gasteiger partial charge in [-0.1, -0.05) is 6.58 Å². The molecule has 2 saturated heterocycles. The monoisotopic (exact) mass is 500 g/mol. The van der Waals surface area contributed by atoms with Crippen LogP contribution in [0.25, 0.3) is 10.9 Å². The lowest BCUT2D eigenvalue weighted by Crippen LogP contribution is -2.54. The van der Waals surface area contributed by atoms with Gasteiger partial charge in [0.1, 0.15) is 0 Å². The number of carbonyl (C=O) groups is 1. The average Bonchev–Trinajstić information content (AvgIpc) is 3.18. The third kappa shape index (κ3) is 4.59. The number of hydrogen-bond donors (Lipinski definition) is 2. The fraction of sp³-hybridized carbons (Fsp3) is 0.600. The van der Waals surface area contributed by atoms with E-state index in [0.29, 0.717) is 6.54 Å². The number of rotatable bonds is 6. The van der Waals surface area contributed by atoms with Gasteiger partial charge in [0.25, 0.3) is 0 Å². The number of amides is 1. The lowest BCUT2D eigenvalue weighted by atomic mass is 10.1. The summed E-state index contributed by atoms with van der Waals surface area (Å²) < 4.78 is 31.7. The van der Waals surface area contributed by atoms with Crippen LogP contribution in [0.15, 0.2) is 35.9 Å². The molecule has 3 fully saturated rings. The van der Waals surface area contributed by atoms with Gasteiger partial charge in [-0.15, -0.1) is 0 Å². The standard InChI is InChI=1S/C25H36N6O3S/c1-6-24(32)30-15-19(9-18(30)4)31-23-11-20(35(33,34)28-25(5)7-8-25)10-22(21(23)12-26-31)29-13-16(2)27-17(3)14-29/h6,10-12,16-19,27-28H,1,7-9,13-15H2,2-5H3/t16-,17-,18+,19+/m0/s1. The molecule has 0 unspecified atom stereocenters. The normalized spacial score (nSPS) is 28.5. The summed E-state index contributed by atoms with van der Waals surface area (Å²) >= 11 is 0. The summed E-state index contributed by atoms with van der Waals surface area (Å²) in [5, 5.41) is 9.21. The van der Waals surface area contributed by atoms with Crippen molar-refractivity contribution in [1.82, 2.24) is 24.7 Å². The topological polar surface area (TPSA) is 99.6 Å². The van der Waals surface area contributed by atoms with Crippen LogP contribution >= 0.6 is 0 Å². The number of benzene rings is 1. The molecular formula is C25H36N6O3S. The van der Waals surface area contributed by atoms with E-state index in [-0.39, 0.29) is 40.5 Å². The molecule has 1 amide bonds. The summed E-state index contributed by atoms with van der Waals surface area (Å²) in [7, 11) is -3.70. The Morgan fingerprint density at radius 1 is 1.20 bits per heavy atom. The Labute approximate surface area is 207 Å². The van der Waals surface area contributed by atoms with Crippen LogP contribution in [0.3, 0.4) is 0 Å². The van der Waals surface area contributed by atoms with Crippen LogP contribution in [0.4, 0.5) is 5.69 Å². The number of piperazine rings is 1. The van der Waals surface area contributed by atoms with Crippen LogP contribution in [0, 0.1) is 0 Å². The van der Waals surface area contributed by atoms with Gasteiger partial charge in [-0.2, -0.15) is 5.10 Å². The number of likely N-dealkylation sites (tertiary alicyclic amines) is 1. The zero-order valence-electron chi connectivity index (χ0n) is 21.0. The predicted octanol–water partition coefficient (Wildman–Crippen LogP) is 2.40. The Morgan fingerprint density at radius 3 is 2.51 bits per heavy atom. The highest BCUT2D eigenvalue weighted by atomic mass is 32.2. The van der Waals surface area contributed by atoms with Gasteiger partial charge in [-0.25, -0.2) is 13.1 Å². The largest absolute Gasteiger partial charge is 0.368 e. The highest BCUT2D eigenvalue weighted by Crippen LogP contribution is 2.39. The van der Waals surface area contributed by atoms with E-state index in [4.69, 9.17) is 5.10 Å². The van der Waals surface area contributed by atoms with Gasteiger partial charge in [0.2, 0.25) is 15.9 Å². The molecule has 1 aliphatic carbocycles. The first-order valence-corrected chi connectivity index (χ1v) is 14.0. The number of nitrogens with zero attached hydrogens (tertiary/aromatic N) is 4. The van der Waals surface area contributed by atoms with Gasteiger partial charge >= 0.3 is 0 Å². The summed E-state index contributed by atoms with van der Waals surface area (Å²) in [6, 6.07) is 4.13. The lowest BCUT2D eigenvalue weighted by Gasteiger charge is -2.38. The van der Waals surface area contributed by atoms with Crippen LogP contribution in [-0.2, 0) is 14.8 Å². The van der Waals surface area contributed by atoms with E-state index in [1.165, 1.54) is 6.08 Å². The van der Waals surface area contributed by atoms with Crippen molar-refractivity contribution in [3.05, 3.63) is 31.0 Å². The number of sulfonamides is 1. The molecule has 1 saturated carbocycles. The molecule has 0 radical (unpaired) electrons. The van der Waals surface area contributed by atoms with Gasteiger partial charge in [0.15, 0.2) is 0 Å². The number of carbonyl (C=O) groups excluding carboxylic acids is 1. The minimum atomic E-state index is -3.70. The molecule has 4 atom stereocenters. The molecule has 2 aliphatic heterocycles. The minimum Gasteiger partial charge on any atom is -0.368 e. The van der Waals surface area contributed by atoms with Gasteiger partial charge in [-0.05, 0) is 65.2 Å². The molecule has 10 heteroatoms. The van der Waals surface area contributed by atoms with Gasteiger partial charge in [0.05, 0.1) is 22.7 Å². The summed E-state index contributed by atoms with van der Waals surface area (Å²) in [5.41, 5.74) is 1.31. The minimum absolute atomic E-state index is 0.0352. The highest BCUT2D eigenvalue weighted by Gasteiger charge is 2.42. The van der Waals surface area contributed by atoms with Crippen LogP contribution < -0.4 is 14.9 Å². The fourth-order valence-corrected chi connectivity index (χ4v) is 7.11. The predicted molar refractivity (Wildman–Crippen MR) is 137 cm³/mol. The molecule has 1 aromatic heterocycles. The van der Waals surface area contributed by atoms with Crippen molar-refractivity contribution < 1.29 is 13.2 Å². The first-order chi connectivity index (χ1) is 16.5. The average molecular weight is 501 g/mol. The highest BCUT2D eigenvalue weighted by molar-refractivity contribution is 7.89. The lowest BCUT2D eigenvalue weighted by molar-refractivity contribution is -0.126. The molecule has 3 heterocycles. The van der Waals surface area contributed by atoms with E-state index in [2.05, 4.69) is 35.4 Å². The van der Waals surface area contributed by atoms with Crippen molar-refractivity contribution in [3.63, 3.8) is 0 Å². The molecule has 3 aliphatic rings. The van der Waals surface area contributed by atoms with Crippen LogP contribution in [0.5, 0.6) is 0 Å². The van der Waals surface area contributed by atoms with Crippen molar-refractivity contribution in [2.45, 2.75) is 81.6 Å². The molecule has 190 valence electrons. The molecule has 2 N–H and O–H groups in total. The van der Waals surface area contributed by atoms with E-state index in [1.54, 1.807) is 12.1 Å². The maximum absolute atomic E-state index is 13.4. The number of nitrogens with one attached hydrogen (secondary N) is 2. The Kier molecular flexibility index (Phi) is 5.96.